The van der Waals surface area contributed by atoms with Gasteiger partial charge < -0.3 is 15.2 Å². The molecule has 0 aliphatic rings. The molecule has 0 atom stereocenters. The average molecular weight is 296 g/mol. The van der Waals surface area contributed by atoms with Gasteiger partial charge in [0.25, 0.3) is 11.6 Å². The number of rotatable bonds is 7. The van der Waals surface area contributed by atoms with Crippen molar-refractivity contribution in [3.63, 3.8) is 0 Å². The molecule has 8 heteroatoms. The highest BCUT2D eigenvalue weighted by Gasteiger charge is 2.17. The Hall–Kier alpha value is -2.48. The van der Waals surface area contributed by atoms with Gasteiger partial charge in [0.05, 0.1) is 11.5 Å². The third-order valence-electron chi connectivity index (χ3n) is 2.74. The molecule has 0 aliphatic heterocycles. The van der Waals surface area contributed by atoms with E-state index in [0.717, 1.165) is 0 Å². The molecule has 114 valence electrons. The monoisotopic (exact) mass is 296 g/mol. The Morgan fingerprint density at radius 2 is 2.00 bits per heavy atom. The second kappa shape index (κ2) is 7.34. The number of benzene rings is 1. The van der Waals surface area contributed by atoms with E-state index < -0.39 is 23.4 Å². The molecule has 0 spiro atoms. The van der Waals surface area contributed by atoms with E-state index in [0.29, 0.717) is 11.1 Å². The van der Waals surface area contributed by atoms with Crippen molar-refractivity contribution >= 4 is 17.6 Å². The molecule has 8 nitrogen and oxygen atoms in total. The van der Waals surface area contributed by atoms with Crippen molar-refractivity contribution in [2.45, 2.75) is 13.8 Å². The lowest BCUT2D eigenvalue weighted by Crippen LogP contribution is -2.28. The van der Waals surface area contributed by atoms with E-state index in [1.165, 1.54) is 6.07 Å². The molecule has 0 saturated carbocycles. The fraction of sp³-hybridized carbons (Fsp3) is 0.385. The molecule has 0 aromatic heterocycles. The standard InChI is InChI=1S/C13H16N2O6/c1-8-5-9(2)11(15(19)20)6-10(8)13(18)14-3-4-21-7-12(16)17/h5-6H,3-4,7H2,1-2H3,(H,14,18)(H,16,17). The lowest BCUT2D eigenvalue weighted by Gasteiger charge is -2.09. The first kappa shape index (κ1) is 16.6. The minimum atomic E-state index is -1.09. The molecule has 0 radical (unpaired) electrons. The summed E-state index contributed by atoms with van der Waals surface area (Å²) in [6, 6.07) is 2.81. The smallest absolute Gasteiger partial charge is 0.329 e. The Kier molecular flexibility index (Phi) is 5.79. The van der Waals surface area contributed by atoms with Crippen molar-refractivity contribution in [3.8, 4) is 0 Å². The van der Waals surface area contributed by atoms with Crippen LogP contribution in [-0.2, 0) is 9.53 Å². The Balaban J connectivity index is 2.68. The summed E-state index contributed by atoms with van der Waals surface area (Å²) in [4.78, 5) is 32.5. The number of nitro benzene ring substituents is 1. The second-order valence-corrected chi connectivity index (χ2v) is 4.41. The van der Waals surface area contributed by atoms with Gasteiger partial charge in [-0.25, -0.2) is 4.79 Å². The van der Waals surface area contributed by atoms with Crippen molar-refractivity contribution in [1.82, 2.24) is 5.32 Å². The molecule has 0 aliphatic carbocycles. The number of carboxylic acid groups (broad SMARTS) is 1. The zero-order chi connectivity index (χ0) is 16.0. The number of nitrogens with one attached hydrogen (secondary N) is 1. The lowest BCUT2D eigenvalue weighted by atomic mass is 10.0. The maximum Gasteiger partial charge on any atom is 0.329 e. The van der Waals surface area contributed by atoms with Crippen molar-refractivity contribution in [2.75, 3.05) is 19.8 Å². The number of carbonyl (C=O) groups is 2. The molecule has 0 bridgehead atoms. The van der Waals surface area contributed by atoms with Crippen LogP contribution in [0.1, 0.15) is 21.5 Å². The number of nitro groups is 1. The van der Waals surface area contributed by atoms with E-state index in [1.54, 1.807) is 19.9 Å². The van der Waals surface area contributed by atoms with Crippen molar-refractivity contribution in [3.05, 3.63) is 38.9 Å². The fourth-order valence-corrected chi connectivity index (χ4v) is 1.77. The van der Waals surface area contributed by atoms with E-state index in [2.05, 4.69) is 5.32 Å². The summed E-state index contributed by atoms with van der Waals surface area (Å²) in [5.41, 5.74) is 1.21. The summed E-state index contributed by atoms with van der Waals surface area (Å²) >= 11 is 0. The van der Waals surface area contributed by atoms with Crippen LogP contribution in [0, 0.1) is 24.0 Å². The Bertz CT molecular complexity index is 570. The number of amides is 1. The molecule has 21 heavy (non-hydrogen) atoms. The van der Waals surface area contributed by atoms with Gasteiger partial charge in [0, 0.05) is 23.7 Å². The van der Waals surface area contributed by atoms with Gasteiger partial charge in [-0.2, -0.15) is 0 Å². The zero-order valence-corrected chi connectivity index (χ0v) is 11.7. The highest BCUT2D eigenvalue weighted by Crippen LogP contribution is 2.22. The first-order valence-corrected chi connectivity index (χ1v) is 6.16. The first-order chi connectivity index (χ1) is 9.82. The Labute approximate surface area is 120 Å². The maximum absolute atomic E-state index is 11.9. The number of aryl methyl sites for hydroxylation is 2. The van der Waals surface area contributed by atoms with Crippen LogP contribution in [0.2, 0.25) is 0 Å². The zero-order valence-electron chi connectivity index (χ0n) is 11.7. The minimum Gasteiger partial charge on any atom is -0.480 e. The van der Waals surface area contributed by atoms with Crippen LogP contribution in [0.25, 0.3) is 0 Å². The molecule has 1 aromatic carbocycles. The van der Waals surface area contributed by atoms with Gasteiger partial charge in [-0.1, -0.05) is 0 Å². The largest absolute Gasteiger partial charge is 0.480 e. The van der Waals surface area contributed by atoms with Crippen LogP contribution >= 0.6 is 0 Å². The third-order valence-corrected chi connectivity index (χ3v) is 2.74. The van der Waals surface area contributed by atoms with Gasteiger partial charge >= 0.3 is 5.97 Å². The SMILES string of the molecule is Cc1cc(C)c([N+](=O)[O-])cc1C(=O)NCCOCC(=O)O. The van der Waals surface area contributed by atoms with Gasteiger partial charge in [0.1, 0.15) is 6.61 Å². The van der Waals surface area contributed by atoms with Crippen LogP contribution in [-0.4, -0.2) is 41.7 Å². The number of carboxylic acids is 1. The highest BCUT2D eigenvalue weighted by molar-refractivity contribution is 5.96. The molecular formula is C13H16N2O6. The van der Waals surface area contributed by atoms with E-state index in [1.807, 2.05) is 0 Å². The van der Waals surface area contributed by atoms with E-state index in [4.69, 9.17) is 9.84 Å². The van der Waals surface area contributed by atoms with Gasteiger partial charge in [-0.05, 0) is 25.5 Å². The number of nitrogens with zero attached hydrogens (tertiary/aromatic N) is 1. The number of aliphatic carboxylic acids is 1. The highest BCUT2D eigenvalue weighted by atomic mass is 16.6. The van der Waals surface area contributed by atoms with Crippen LogP contribution < -0.4 is 5.32 Å². The van der Waals surface area contributed by atoms with Crippen LogP contribution in [0.3, 0.4) is 0 Å². The second-order valence-electron chi connectivity index (χ2n) is 4.41. The summed E-state index contributed by atoms with van der Waals surface area (Å²) in [6.45, 7) is 3.02. The minimum absolute atomic E-state index is 0.0467. The fourth-order valence-electron chi connectivity index (χ4n) is 1.77. The molecule has 0 unspecified atom stereocenters. The lowest BCUT2D eigenvalue weighted by molar-refractivity contribution is -0.385. The Morgan fingerprint density at radius 3 is 2.57 bits per heavy atom. The van der Waals surface area contributed by atoms with Crippen molar-refractivity contribution in [1.29, 1.82) is 0 Å². The summed E-state index contributed by atoms with van der Waals surface area (Å²) in [5.74, 6) is -1.55. The average Bonchev–Trinajstić information content (AvgIpc) is 2.37. The Morgan fingerprint density at radius 1 is 1.33 bits per heavy atom. The van der Waals surface area contributed by atoms with Crippen molar-refractivity contribution in [2.24, 2.45) is 0 Å². The molecule has 0 heterocycles. The third kappa shape index (κ3) is 4.84. The molecule has 0 fully saturated rings. The first-order valence-electron chi connectivity index (χ1n) is 6.16. The summed E-state index contributed by atoms with van der Waals surface area (Å²) in [6.07, 6.45) is 0. The summed E-state index contributed by atoms with van der Waals surface area (Å²) < 4.78 is 4.77. The molecule has 0 saturated heterocycles. The normalized spacial score (nSPS) is 10.2. The molecular weight excluding hydrogens is 280 g/mol. The predicted octanol–water partition coefficient (Wildman–Crippen LogP) is 1.04. The molecule has 1 rings (SSSR count). The quantitative estimate of drug-likeness (QED) is 0.441. The van der Waals surface area contributed by atoms with Gasteiger partial charge in [-0.15, -0.1) is 0 Å². The number of hydrogen-bond acceptors (Lipinski definition) is 5. The topological polar surface area (TPSA) is 119 Å². The van der Waals surface area contributed by atoms with Gasteiger partial charge in [-0.3, -0.25) is 14.9 Å². The number of hydrogen-bond donors (Lipinski definition) is 2. The molecule has 1 aromatic rings. The number of carbonyl (C=O) groups excluding carboxylic acids is 1. The van der Waals surface area contributed by atoms with Crippen LogP contribution in [0.5, 0.6) is 0 Å². The summed E-state index contributed by atoms with van der Waals surface area (Å²) in [5, 5.41) is 21.8. The van der Waals surface area contributed by atoms with Crippen molar-refractivity contribution < 1.29 is 24.4 Å². The van der Waals surface area contributed by atoms with E-state index in [9.17, 15) is 19.7 Å². The van der Waals surface area contributed by atoms with Crippen LogP contribution in [0.4, 0.5) is 5.69 Å². The van der Waals surface area contributed by atoms with E-state index >= 15 is 0 Å². The molecule has 2 N–H and O–H groups in total. The number of ether oxygens (including phenoxy) is 1. The maximum atomic E-state index is 11.9. The van der Waals surface area contributed by atoms with Gasteiger partial charge in [0.15, 0.2) is 0 Å². The van der Waals surface area contributed by atoms with Crippen LogP contribution in [0.15, 0.2) is 12.1 Å². The molecule has 1 amide bonds. The van der Waals surface area contributed by atoms with Gasteiger partial charge in [0.2, 0.25) is 0 Å². The summed E-state index contributed by atoms with van der Waals surface area (Å²) in [7, 11) is 0. The van der Waals surface area contributed by atoms with E-state index in [-0.39, 0.29) is 24.4 Å². The predicted molar refractivity (Wildman–Crippen MR) is 73.4 cm³/mol.